The van der Waals surface area contributed by atoms with E-state index in [0.717, 1.165) is 17.7 Å². The van der Waals surface area contributed by atoms with Crippen LogP contribution in [-0.2, 0) is 11.2 Å². The molecular formula is C22H17FN4O3. The van der Waals surface area contributed by atoms with Crippen LogP contribution >= 0.6 is 0 Å². The van der Waals surface area contributed by atoms with Crippen molar-refractivity contribution < 1.29 is 18.4 Å². The SMILES string of the molecule is Cc1nc(OCC(=O)N2CCc3ccccc32)c2c(-c3ccc(F)cc3)noc2n1. The Labute approximate surface area is 171 Å². The van der Waals surface area contributed by atoms with Gasteiger partial charge >= 0.3 is 0 Å². The van der Waals surface area contributed by atoms with E-state index < -0.39 is 0 Å². The second-order valence-corrected chi connectivity index (χ2v) is 7.01. The maximum absolute atomic E-state index is 13.3. The first-order chi connectivity index (χ1) is 14.6. The minimum absolute atomic E-state index is 0.163. The summed E-state index contributed by atoms with van der Waals surface area (Å²) in [7, 11) is 0. The number of aromatic nitrogens is 3. The van der Waals surface area contributed by atoms with Crippen molar-refractivity contribution in [2.45, 2.75) is 13.3 Å². The molecule has 0 spiro atoms. The Balaban J connectivity index is 1.45. The van der Waals surface area contributed by atoms with Crippen LogP contribution in [0.15, 0.2) is 53.1 Å². The highest BCUT2D eigenvalue weighted by Crippen LogP contribution is 2.33. The van der Waals surface area contributed by atoms with Crippen molar-refractivity contribution >= 4 is 22.7 Å². The quantitative estimate of drug-likeness (QED) is 0.516. The molecule has 7 nitrogen and oxygen atoms in total. The number of carbonyl (C=O) groups is 1. The molecule has 0 fully saturated rings. The van der Waals surface area contributed by atoms with Crippen molar-refractivity contribution in [1.82, 2.24) is 15.1 Å². The zero-order chi connectivity index (χ0) is 20.7. The Morgan fingerprint density at radius 1 is 1.17 bits per heavy atom. The molecule has 2 aromatic heterocycles. The molecule has 0 N–H and O–H groups in total. The minimum Gasteiger partial charge on any atom is -0.467 e. The summed E-state index contributed by atoms with van der Waals surface area (Å²) in [5.74, 6) is 0.118. The second kappa shape index (κ2) is 7.22. The number of amides is 1. The molecule has 8 heteroatoms. The molecule has 1 aliphatic heterocycles. The first kappa shape index (κ1) is 18.2. The summed E-state index contributed by atoms with van der Waals surface area (Å²) >= 11 is 0. The average Bonchev–Trinajstić information content (AvgIpc) is 3.37. The molecule has 150 valence electrons. The van der Waals surface area contributed by atoms with E-state index in [9.17, 15) is 9.18 Å². The number of aryl methyl sites for hydroxylation is 1. The van der Waals surface area contributed by atoms with Gasteiger partial charge in [0.1, 0.15) is 22.7 Å². The molecule has 2 aromatic carbocycles. The summed E-state index contributed by atoms with van der Waals surface area (Å²) in [6, 6.07) is 13.7. The van der Waals surface area contributed by atoms with E-state index in [1.807, 2.05) is 24.3 Å². The Morgan fingerprint density at radius 3 is 2.80 bits per heavy atom. The van der Waals surface area contributed by atoms with Gasteiger partial charge in [0.15, 0.2) is 6.61 Å². The summed E-state index contributed by atoms with van der Waals surface area (Å²) in [4.78, 5) is 23.1. The topological polar surface area (TPSA) is 81.4 Å². The maximum Gasteiger partial charge on any atom is 0.265 e. The van der Waals surface area contributed by atoms with Gasteiger partial charge in [-0.1, -0.05) is 23.4 Å². The zero-order valence-corrected chi connectivity index (χ0v) is 16.1. The lowest BCUT2D eigenvalue weighted by Crippen LogP contribution is -2.33. The highest BCUT2D eigenvalue weighted by Gasteiger charge is 2.26. The lowest BCUT2D eigenvalue weighted by Gasteiger charge is -2.17. The van der Waals surface area contributed by atoms with Crippen LogP contribution in [0.4, 0.5) is 10.1 Å². The third-order valence-corrected chi connectivity index (χ3v) is 5.05. The fourth-order valence-electron chi connectivity index (χ4n) is 3.64. The van der Waals surface area contributed by atoms with Gasteiger partial charge in [-0.15, -0.1) is 0 Å². The van der Waals surface area contributed by atoms with Gasteiger partial charge in [0.05, 0.1) is 0 Å². The molecule has 5 rings (SSSR count). The van der Waals surface area contributed by atoms with E-state index in [2.05, 4.69) is 15.1 Å². The summed E-state index contributed by atoms with van der Waals surface area (Å²) in [6.45, 7) is 2.13. The predicted octanol–water partition coefficient (Wildman–Crippen LogP) is 3.70. The molecule has 4 aromatic rings. The van der Waals surface area contributed by atoms with Crippen LogP contribution in [0.2, 0.25) is 0 Å². The number of carbonyl (C=O) groups excluding carboxylic acids is 1. The van der Waals surface area contributed by atoms with Crippen LogP contribution in [0.25, 0.3) is 22.4 Å². The number of halogens is 1. The Bertz CT molecular complexity index is 1250. The highest BCUT2D eigenvalue weighted by molar-refractivity contribution is 5.97. The van der Waals surface area contributed by atoms with Crippen LogP contribution in [0.1, 0.15) is 11.4 Å². The Hall–Kier alpha value is -3.81. The first-order valence-electron chi connectivity index (χ1n) is 9.51. The van der Waals surface area contributed by atoms with Gasteiger partial charge in [-0.05, 0) is 49.2 Å². The molecule has 0 bridgehead atoms. The molecular weight excluding hydrogens is 387 g/mol. The fraction of sp³-hybridized carbons (Fsp3) is 0.182. The number of nitrogens with zero attached hydrogens (tertiary/aromatic N) is 4. The maximum atomic E-state index is 13.3. The van der Waals surface area contributed by atoms with E-state index in [0.29, 0.717) is 29.0 Å². The number of benzene rings is 2. The van der Waals surface area contributed by atoms with Gasteiger partial charge in [-0.25, -0.2) is 4.39 Å². The van der Waals surface area contributed by atoms with Crippen molar-refractivity contribution in [3.8, 4) is 17.1 Å². The van der Waals surface area contributed by atoms with Gasteiger partial charge in [-0.3, -0.25) is 4.79 Å². The van der Waals surface area contributed by atoms with E-state index >= 15 is 0 Å². The lowest BCUT2D eigenvalue weighted by molar-refractivity contribution is -0.120. The summed E-state index contributed by atoms with van der Waals surface area (Å²) in [6.07, 6.45) is 0.819. The molecule has 0 radical (unpaired) electrons. The molecule has 0 unspecified atom stereocenters. The molecule has 0 saturated carbocycles. The summed E-state index contributed by atoms with van der Waals surface area (Å²) in [5.41, 5.74) is 3.36. The molecule has 30 heavy (non-hydrogen) atoms. The first-order valence-corrected chi connectivity index (χ1v) is 9.51. The van der Waals surface area contributed by atoms with Crippen LogP contribution in [0, 0.1) is 12.7 Å². The molecule has 0 aliphatic carbocycles. The van der Waals surface area contributed by atoms with Gasteiger partial charge in [0, 0.05) is 17.8 Å². The van der Waals surface area contributed by atoms with Crippen LogP contribution in [0.3, 0.4) is 0 Å². The molecule has 1 aliphatic rings. The molecule has 1 amide bonds. The number of para-hydroxylation sites is 1. The summed E-state index contributed by atoms with van der Waals surface area (Å²) < 4.78 is 24.5. The number of rotatable bonds is 4. The van der Waals surface area contributed by atoms with Gasteiger partial charge in [-0.2, -0.15) is 9.97 Å². The van der Waals surface area contributed by atoms with Crippen molar-refractivity contribution in [3.05, 3.63) is 65.7 Å². The average molecular weight is 404 g/mol. The Morgan fingerprint density at radius 2 is 1.97 bits per heavy atom. The van der Waals surface area contributed by atoms with E-state index in [1.165, 1.54) is 12.1 Å². The number of hydrogen-bond acceptors (Lipinski definition) is 6. The minimum atomic E-state index is -0.355. The zero-order valence-electron chi connectivity index (χ0n) is 16.1. The third-order valence-electron chi connectivity index (χ3n) is 5.05. The fourth-order valence-corrected chi connectivity index (χ4v) is 3.64. The van der Waals surface area contributed by atoms with Gasteiger partial charge in [0.2, 0.25) is 5.88 Å². The lowest BCUT2D eigenvalue weighted by atomic mass is 10.1. The highest BCUT2D eigenvalue weighted by atomic mass is 19.1. The molecule has 3 heterocycles. The van der Waals surface area contributed by atoms with Crippen molar-refractivity contribution in [2.75, 3.05) is 18.1 Å². The number of ether oxygens (including phenoxy) is 1. The normalized spacial score (nSPS) is 12.9. The second-order valence-electron chi connectivity index (χ2n) is 7.01. The van der Waals surface area contributed by atoms with Crippen LogP contribution in [-0.4, -0.2) is 34.2 Å². The van der Waals surface area contributed by atoms with Crippen LogP contribution < -0.4 is 9.64 Å². The van der Waals surface area contributed by atoms with E-state index in [4.69, 9.17) is 9.26 Å². The number of fused-ring (bicyclic) bond motifs is 2. The van der Waals surface area contributed by atoms with E-state index in [1.54, 1.807) is 24.0 Å². The Kier molecular flexibility index (Phi) is 4.39. The molecule has 0 atom stereocenters. The number of hydrogen-bond donors (Lipinski definition) is 0. The number of anilines is 1. The predicted molar refractivity (Wildman–Crippen MR) is 108 cm³/mol. The van der Waals surface area contributed by atoms with Crippen molar-refractivity contribution in [1.29, 1.82) is 0 Å². The van der Waals surface area contributed by atoms with Crippen molar-refractivity contribution in [2.24, 2.45) is 0 Å². The smallest absolute Gasteiger partial charge is 0.265 e. The van der Waals surface area contributed by atoms with E-state index in [-0.39, 0.29) is 29.9 Å². The van der Waals surface area contributed by atoms with Crippen LogP contribution in [0.5, 0.6) is 5.88 Å². The monoisotopic (exact) mass is 404 g/mol. The summed E-state index contributed by atoms with van der Waals surface area (Å²) in [5, 5.41) is 4.50. The van der Waals surface area contributed by atoms with Crippen molar-refractivity contribution in [3.63, 3.8) is 0 Å². The third kappa shape index (κ3) is 3.16. The van der Waals surface area contributed by atoms with Gasteiger partial charge in [0.25, 0.3) is 11.6 Å². The largest absolute Gasteiger partial charge is 0.467 e. The standard InChI is InChI=1S/C22H17FN4O3/c1-13-24-21(29-12-18(28)27-11-10-14-4-2-3-5-17(14)27)19-20(26-30-22(19)25-13)15-6-8-16(23)9-7-15/h2-9H,10-12H2,1H3. The molecule has 0 saturated heterocycles. The van der Waals surface area contributed by atoms with Gasteiger partial charge < -0.3 is 14.2 Å².